The number of rotatable bonds is 5. The van der Waals surface area contributed by atoms with Crippen molar-refractivity contribution in [3.05, 3.63) is 57.8 Å². The summed E-state index contributed by atoms with van der Waals surface area (Å²) in [5.74, 6) is 1.70. The van der Waals surface area contributed by atoms with Crippen LogP contribution in [0.25, 0.3) is 0 Å². The minimum absolute atomic E-state index is 0.0420. The van der Waals surface area contributed by atoms with Crippen molar-refractivity contribution >= 4 is 0 Å². The van der Waals surface area contributed by atoms with E-state index in [0.717, 1.165) is 35.6 Å². The average molecular weight is 289 g/mol. The molecule has 0 saturated carbocycles. The maximum absolute atomic E-state index is 13.9. The first-order chi connectivity index (χ1) is 9.93. The molecule has 1 atom stereocenters. The molecule has 0 aliphatic heterocycles. The fourth-order valence-corrected chi connectivity index (χ4v) is 2.78. The molecule has 1 N–H and O–H groups in total. The highest BCUT2D eigenvalue weighted by molar-refractivity contribution is 5.39. The monoisotopic (exact) mass is 289 g/mol. The zero-order valence-corrected chi connectivity index (χ0v) is 13.5. The molecule has 2 aromatic rings. The van der Waals surface area contributed by atoms with Crippen LogP contribution in [0.4, 0.5) is 4.39 Å². The first-order valence-electron chi connectivity index (χ1n) is 7.51. The van der Waals surface area contributed by atoms with Crippen molar-refractivity contribution < 1.29 is 8.81 Å². The van der Waals surface area contributed by atoms with Crippen LogP contribution in [0.5, 0.6) is 0 Å². The smallest absolute Gasteiger partial charge is 0.129 e. The number of halogens is 1. The third-order valence-corrected chi connectivity index (χ3v) is 3.78. The Hall–Kier alpha value is -1.61. The van der Waals surface area contributed by atoms with Gasteiger partial charge in [0, 0.05) is 5.56 Å². The molecule has 1 heterocycles. The molecule has 3 heteroatoms. The average Bonchev–Trinajstić information content (AvgIpc) is 2.75. The second kappa shape index (κ2) is 6.44. The molecule has 0 saturated heterocycles. The fraction of sp³-hybridized carbons (Fsp3) is 0.444. The Labute approximate surface area is 126 Å². The highest BCUT2D eigenvalue weighted by Crippen LogP contribution is 2.29. The van der Waals surface area contributed by atoms with E-state index in [-0.39, 0.29) is 11.9 Å². The Morgan fingerprint density at radius 2 is 1.71 bits per heavy atom. The standard InChI is InChI=1S/C18H24FNO/c1-6-7-20-18(16-10-13(4)21-14(16)5)15-8-11(2)17(19)12(3)9-15/h8-10,18,20H,6-7H2,1-5H3. The van der Waals surface area contributed by atoms with Crippen molar-refractivity contribution in [1.82, 2.24) is 5.32 Å². The summed E-state index contributed by atoms with van der Waals surface area (Å²) in [5, 5.41) is 3.55. The molecule has 0 spiro atoms. The zero-order valence-electron chi connectivity index (χ0n) is 13.5. The van der Waals surface area contributed by atoms with Crippen LogP contribution < -0.4 is 5.32 Å². The summed E-state index contributed by atoms with van der Waals surface area (Å²) in [7, 11) is 0. The zero-order chi connectivity index (χ0) is 15.6. The highest BCUT2D eigenvalue weighted by atomic mass is 19.1. The largest absolute Gasteiger partial charge is 0.466 e. The van der Waals surface area contributed by atoms with Crippen molar-refractivity contribution in [3.8, 4) is 0 Å². The maximum Gasteiger partial charge on any atom is 0.129 e. The van der Waals surface area contributed by atoms with Crippen LogP contribution in [0.1, 0.15) is 53.2 Å². The molecular formula is C18H24FNO. The van der Waals surface area contributed by atoms with E-state index in [9.17, 15) is 4.39 Å². The second-order valence-corrected chi connectivity index (χ2v) is 5.72. The summed E-state index contributed by atoms with van der Waals surface area (Å²) >= 11 is 0. The van der Waals surface area contributed by atoms with Gasteiger partial charge in [0.05, 0.1) is 6.04 Å². The van der Waals surface area contributed by atoms with Crippen molar-refractivity contribution in [3.63, 3.8) is 0 Å². The summed E-state index contributed by atoms with van der Waals surface area (Å²) in [6.07, 6.45) is 1.05. The lowest BCUT2D eigenvalue weighted by molar-refractivity contribution is 0.493. The number of furan rings is 1. The minimum atomic E-state index is -0.118. The van der Waals surface area contributed by atoms with Crippen molar-refractivity contribution in [2.45, 2.75) is 47.1 Å². The Morgan fingerprint density at radius 1 is 1.10 bits per heavy atom. The SMILES string of the molecule is CCCNC(c1cc(C)c(F)c(C)c1)c1cc(C)oc1C. The molecule has 0 aliphatic rings. The lowest BCUT2D eigenvalue weighted by Crippen LogP contribution is -2.23. The Balaban J connectivity index is 2.47. The lowest BCUT2D eigenvalue weighted by atomic mass is 9.95. The summed E-state index contributed by atoms with van der Waals surface area (Å²) in [5.41, 5.74) is 3.59. The number of nitrogens with one attached hydrogen (secondary N) is 1. The van der Waals surface area contributed by atoms with E-state index in [1.807, 2.05) is 39.8 Å². The van der Waals surface area contributed by atoms with Crippen LogP contribution in [-0.2, 0) is 0 Å². The fourth-order valence-electron chi connectivity index (χ4n) is 2.78. The molecule has 0 radical (unpaired) electrons. The number of hydrogen-bond donors (Lipinski definition) is 1. The summed E-state index contributed by atoms with van der Waals surface area (Å²) in [4.78, 5) is 0. The summed E-state index contributed by atoms with van der Waals surface area (Å²) in [6.45, 7) is 10.6. The van der Waals surface area contributed by atoms with Crippen LogP contribution in [-0.4, -0.2) is 6.54 Å². The van der Waals surface area contributed by atoms with E-state index in [1.165, 1.54) is 0 Å². The molecule has 2 nitrogen and oxygen atoms in total. The first-order valence-corrected chi connectivity index (χ1v) is 7.51. The maximum atomic E-state index is 13.9. The third kappa shape index (κ3) is 3.35. The van der Waals surface area contributed by atoms with E-state index in [0.29, 0.717) is 11.1 Å². The third-order valence-electron chi connectivity index (χ3n) is 3.78. The quantitative estimate of drug-likeness (QED) is 0.860. The molecule has 2 rings (SSSR count). The van der Waals surface area contributed by atoms with Crippen molar-refractivity contribution in [2.24, 2.45) is 0 Å². The molecule has 1 unspecified atom stereocenters. The molecule has 1 aromatic heterocycles. The van der Waals surface area contributed by atoms with Crippen LogP contribution in [0, 0.1) is 33.5 Å². The van der Waals surface area contributed by atoms with E-state index in [4.69, 9.17) is 4.42 Å². The van der Waals surface area contributed by atoms with E-state index >= 15 is 0 Å². The Morgan fingerprint density at radius 3 is 2.19 bits per heavy atom. The van der Waals surface area contributed by atoms with Gasteiger partial charge in [-0.25, -0.2) is 4.39 Å². The van der Waals surface area contributed by atoms with E-state index in [1.54, 1.807) is 0 Å². The van der Waals surface area contributed by atoms with Gasteiger partial charge < -0.3 is 9.73 Å². The molecule has 1 aromatic carbocycles. The van der Waals surface area contributed by atoms with Gasteiger partial charge in [0.15, 0.2) is 0 Å². The number of benzene rings is 1. The van der Waals surface area contributed by atoms with Gasteiger partial charge in [0.2, 0.25) is 0 Å². The van der Waals surface area contributed by atoms with Crippen LogP contribution in [0.2, 0.25) is 0 Å². The van der Waals surface area contributed by atoms with Crippen LogP contribution >= 0.6 is 0 Å². The highest BCUT2D eigenvalue weighted by Gasteiger charge is 2.20. The van der Waals surface area contributed by atoms with Gasteiger partial charge in [0.1, 0.15) is 17.3 Å². The molecular weight excluding hydrogens is 265 g/mol. The van der Waals surface area contributed by atoms with E-state index in [2.05, 4.69) is 18.3 Å². The first kappa shape index (κ1) is 15.8. The number of aryl methyl sites for hydroxylation is 4. The van der Waals surface area contributed by atoms with Crippen molar-refractivity contribution in [1.29, 1.82) is 0 Å². The van der Waals surface area contributed by atoms with Gasteiger partial charge in [-0.15, -0.1) is 0 Å². The van der Waals surface area contributed by atoms with Crippen molar-refractivity contribution in [2.75, 3.05) is 6.54 Å². The molecule has 0 amide bonds. The van der Waals surface area contributed by atoms with Crippen LogP contribution in [0.3, 0.4) is 0 Å². The molecule has 114 valence electrons. The van der Waals surface area contributed by atoms with Gasteiger partial charge in [-0.3, -0.25) is 0 Å². The van der Waals surface area contributed by atoms with Gasteiger partial charge in [-0.1, -0.05) is 19.1 Å². The molecule has 0 aliphatic carbocycles. The Kier molecular flexibility index (Phi) is 4.84. The van der Waals surface area contributed by atoms with Crippen LogP contribution in [0.15, 0.2) is 22.6 Å². The predicted octanol–water partition coefficient (Wildman–Crippen LogP) is 4.74. The normalized spacial score (nSPS) is 12.7. The summed E-state index contributed by atoms with van der Waals surface area (Å²) < 4.78 is 19.5. The number of hydrogen-bond acceptors (Lipinski definition) is 2. The molecule has 21 heavy (non-hydrogen) atoms. The molecule has 0 bridgehead atoms. The second-order valence-electron chi connectivity index (χ2n) is 5.72. The van der Waals surface area contributed by atoms with Gasteiger partial charge in [-0.05, 0) is 63.4 Å². The van der Waals surface area contributed by atoms with Gasteiger partial charge in [0.25, 0.3) is 0 Å². The lowest BCUT2D eigenvalue weighted by Gasteiger charge is -2.20. The summed E-state index contributed by atoms with van der Waals surface area (Å²) in [6, 6.07) is 5.96. The van der Waals surface area contributed by atoms with Gasteiger partial charge >= 0.3 is 0 Å². The van der Waals surface area contributed by atoms with Gasteiger partial charge in [-0.2, -0.15) is 0 Å². The molecule has 0 fully saturated rings. The minimum Gasteiger partial charge on any atom is -0.466 e. The predicted molar refractivity (Wildman–Crippen MR) is 84.2 cm³/mol. The Bertz CT molecular complexity index is 607. The topological polar surface area (TPSA) is 25.2 Å². The van der Waals surface area contributed by atoms with E-state index < -0.39 is 0 Å².